The fraction of sp³-hybridized carbons (Fsp3) is 0.538. The Morgan fingerprint density at radius 1 is 1.21 bits per heavy atom. The van der Waals surface area contributed by atoms with Gasteiger partial charge in [-0.05, 0) is 25.0 Å². The number of rotatable bonds is 6. The van der Waals surface area contributed by atoms with Gasteiger partial charge in [0.05, 0.1) is 20.3 Å². The second-order valence-electron chi connectivity index (χ2n) is 4.13. The van der Waals surface area contributed by atoms with Crippen LogP contribution in [0, 0.1) is 0 Å². The van der Waals surface area contributed by atoms with Crippen LogP contribution in [0.5, 0.6) is 11.5 Å². The highest BCUT2D eigenvalue weighted by Gasteiger charge is 2.27. The van der Waals surface area contributed by atoms with Gasteiger partial charge in [-0.25, -0.2) is 0 Å². The number of hydrogen-bond donors (Lipinski definition) is 1. The Balaban J connectivity index is 2.68. The predicted molar refractivity (Wildman–Crippen MR) is 64.4 cm³/mol. The van der Waals surface area contributed by atoms with E-state index in [0.29, 0.717) is 17.1 Å². The van der Waals surface area contributed by atoms with Gasteiger partial charge in [-0.1, -0.05) is 0 Å². The second kappa shape index (κ2) is 6.65. The van der Waals surface area contributed by atoms with Crippen molar-refractivity contribution >= 4 is 0 Å². The zero-order valence-electron chi connectivity index (χ0n) is 10.8. The normalized spacial score (nSPS) is 13.2. The van der Waals surface area contributed by atoms with Crippen LogP contribution in [0.4, 0.5) is 13.2 Å². The molecule has 0 aliphatic rings. The van der Waals surface area contributed by atoms with Crippen molar-refractivity contribution in [1.82, 2.24) is 0 Å². The van der Waals surface area contributed by atoms with Crippen molar-refractivity contribution in [2.24, 2.45) is 0 Å². The zero-order chi connectivity index (χ0) is 14.5. The molecule has 0 aromatic heterocycles. The van der Waals surface area contributed by atoms with Gasteiger partial charge in [0.1, 0.15) is 11.5 Å². The lowest BCUT2D eigenvalue weighted by Crippen LogP contribution is -2.08. The Hall–Kier alpha value is -1.43. The molecule has 108 valence electrons. The molecular weight excluding hydrogens is 261 g/mol. The van der Waals surface area contributed by atoms with Crippen LogP contribution < -0.4 is 9.47 Å². The molecule has 0 bridgehead atoms. The van der Waals surface area contributed by atoms with E-state index in [1.807, 2.05) is 0 Å². The van der Waals surface area contributed by atoms with Crippen LogP contribution >= 0.6 is 0 Å². The summed E-state index contributed by atoms with van der Waals surface area (Å²) in [4.78, 5) is 0. The van der Waals surface area contributed by atoms with E-state index in [9.17, 15) is 18.3 Å². The highest BCUT2D eigenvalue weighted by atomic mass is 19.4. The standard InChI is InChI=1S/C13H17F3O3/c1-18-9-5-6-10(12(8-9)19-2)11(17)4-3-7-13(14,15)16/h5-6,8,11,17H,3-4,7H2,1-2H3. The van der Waals surface area contributed by atoms with Gasteiger partial charge in [-0.3, -0.25) is 0 Å². The molecule has 1 N–H and O–H groups in total. The number of ether oxygens (including phenoxy) is 2. The predicted octanol–water partition coefficient (Wildman–Crippen LogP) is 3.47. The summed E-state index contributed by atoms with van der Waals surface area (Å²) in [7, 11) is 2.93. The van der Waals surface area contributed by atoms with Gasteiger partial charge in [0, 0.05) is 18.1 Å². The molecule has 1 aromatic carbocycles. The molecule has 6 heteroatoms. The van der Waals surface area contributed by atoms with Crippen molar-refractivity contribution in [3.05, 3.63) is 23.8 Å². The molecule has 19 heavy (non-hydrogen) atoms. The Labute approximate surface area is 110 Å². The summed E-state index contributed by atoms with van der Waals surface area (Å²) in [6.45, 7) is 0. The molecule has 0 amide bonds. The monoisotopic (exact) mass is 278 g/mol. The lowest BCUT2D eigenvalue weighted by molar-refractivity contribution is -0.136. The molecule has 0 saturated carbocycles. The number of halogens is 3. The van der Waals surface area contributed by atoms with Crippen molar-refractivity contribution in [3.63, 3.8) is 0 Å². The lowest BCUT2D eigenvalue weighted by Gasteiger charge is -2.16. The minimum absolute atomic E-state index is 0.0300. The molecule has 1 atom stereocenters. The van der Waals surface area contributed by atoms with Crippen molar-refractivity contribution in [1.29, 1.82) is 0 Å². The summed E-state index contributed by atoms with van der Waals surface area (Å²) in [5, 5.41) is 9.90. The SMILES string of the molecule is COc1ccc(C(O)CCCC(F)(F)F)c(OC)c1. The number of aliphatic hydroxyl groups is 1. The summed E-state index contributed by atoms with van der Waals surface area (Å²) in [6, 6.07) is 4.81. The third-order valence-corrected chi connectivity index (χ3v) is 2.74. The topological polar surface area (TPSA) is 38.7 Å². The zero-order valence-corrected chi connectivity index (χ0v) is 10.8. The average molecular weight is 278 g/mol. The van der Waals surface area contributed by atoms with Gasteiger partial charge >= 0.3 is 6.18 Å². The molecule has 0 radical (unpaired) electrons. The number of benzene rings is 1. The van der Waals surface area contributed by atoms with Crippen molar-refractivity contribution in [2.45, 2.75) is 31.5 Å². The molecule has 0 fully saturated rings. The lowest BCUT2D eigenvalue weighted by atomic mass is 10.0. The van der Waals surface area contributed by atoms with Crippen LogP contribution in [0.2, 0.25) is 0 Å². The molecule has 1 aromatic rings. The van der Waals surface area contributed by atoms with Crippen LogP contribution in [-0.4, -0.2) is 25.5 Å². The summed E-state index contributed by atoms with van der Waals surface area (Å²) in [5.74, 6) is 0.960. The third-order valence-electron chi connectivity index (χ3n) is 2.74. The van der Waals surface area contributed by atoms with E-state index in [0.717, 1.165) is 0 Å². The average Bonchev–Trinajstić information content (AvgIpc) is 2.36. The van der Waals surface area contributed by atoms with E-state index >= 15 is 0 Å². The van der Waals surface area contributed by atoms with Crippen molar-refractivity contribution in [2.75, 3.05) is 14.2 Å². The first-order chi connectivity index (χ1) is 8.87. The molecule has 3 nitrogen and oxygen atoms in total. The van der Waals surface area contributed by atoms with E-state index in [4.69, 9.17) is 9.47 Å². The van der Waals surface area contributed by atoms with Gasteiger partial charge in [0.15, 0.2) is 0 Å². The van der Waals surface area contributed by atoms with Crippen LogP contribution in [0.3, 0.4) is 0 Å². The fourth-order valence-corrected chi connectivity index (χ4v) is 1.75. The molecule has 0 aliphatic carbocycles. The van der Waals surface area contributed by atoms with E-state index in [1.165, 1.54) is 14.2 Å². The second-order valence-corrected chi connectivity index (χ2v) is 4.13. The largest absolute Gasteiger partial charge is 0.497 e. The molecule has 1 rings (SSSR count). The molecule has 1 unspecified atom stereocenters. The molecule has 0 saturated heterocycles. The molecule has 0 aliphatic heterocycles. The Morgan fingerprint density at radius 2 is 1.89 bits per heavy atom. The van der Waals surface area contributed by atoms with E-state index in [1.54, 1.807) is 18.2 Å². The highest BCUT2D eigenvalue weighted by Crippen LogP contribution is 2.33. The first-order valence-electron chi connectivity index (χ1n) is 5.84. The maximum Gasteiger partial charge on any atom is 0.389 e. The highest BCUT2D eigenvalue weighted by molar-refractivity contribution is 5.41. The minimum Gasteiger partial charge on any atom is -0.497 e. The summed E-state index contributed by atoms with van der Waals surface area (Å²) in [5.41, 5.74) is 0.463. The summed E-state index contributed by atoms with van der Waals surface area (Å²) >= 11 is 0. The van der Waals surface area contributed by atoms with Crippen LogP contribution in [0.1, 0.15) is 30.9 Å². The Morgan fingerprint density at radius 3 is 2.42 bits per heavy atom. The number of aliphatic hydroxyl groups excluding tert-OH is 1. The Bertz CT molecular complexity index is 405. The van der Waals surface area contributed by atoms with Crippen molar-refractivity contribution in [3.8, 4) is 11.5 Å². The van der Waals surface area contributed by atoms with E-state index in [-0.39, 0.29) is 12.8 Å². The maximum absolute atomic E-state index is 12.0. The molecular formula is C13H17F3O3. The molecule has 0 spiro atoms. The fourth-order valence-electron chi connectivity index (χ4n) is 1.75. The van der Waals surface area contributed by atoms with Gasteiger partial charge in [-0.2, -0.15) is 13.2 Å². The number of methoxy groups -OCH3 is 2. The van der Waals surface area contributed by atoms with Gasteiger partial charge in [-0.15, -0.1) is 0 Å². The smallest absolute Gasteiger partial charge is 0.389 e. The number of alkyl halides is 3. The van der Waals surface area contributed by atoms with Crippen LogP contribution in [0.15, 0.2) is 18.2 Å². The van der Waals surface area contributed by atoms with Gasteiger partial charge in [0.2, 0.25) is 0 Å². The Kier molecular flexibility index (Phi) is 5.47. The maximum atomic E-state index is 12.0. The minimum atomic E-state index is -4.19. The van der Waals surface area contributed by atoms with Crippen molar-refractivity contribution < 1.29 is 27.8 Å². The van der Waals surface area contributed by atoms with Gasteiger partial charge < -0.3 is 14.6 Å². The summed E-state index contributed by atoms with van der Waals surface area (Å²) < 4.78 is 46.2. The van der Waals surface area contributed by atoms with Gasteiger partial charge in [0.25, 0.3) is 0 Å². The van der Waals surface area contributed by atoms with Crippen LogP contribution in [0.25, 0.3) is 0 Å². The number of hydrogen-bond acceptors (Lipinski definition) is 3. The summed E-state index contributed by atoms with van der Waals surface area (Å²) in [6.07, 6.45) is -6.17. The third kappa shape index (κ3) is 4.98. The first-order valence-corrected chi connectivity index (χ1v) is 5.84. The first kappa shape index (κ1) is 15.6. The quantitative estimate of drug-likeness (QED) is 0.866. The van der Waals surface area contributed by atoms with E-state index in [2.05, 4.69) is 0 Å². The van der Waals surface area contributed by atoms with Crippen LogP contribution in [-0.2, 0) is 0 Å². The van der Waals surface area contributed by atoms with E-state index < -0.39 is 18.7 Å². The molecule has 0 heterocycles.